The standard InChI is InChI=1S/C10H6Cl2O2/c1-5-2-6-3-7(11)4-8(10(12)13)9(6)14-5/h2-4H,1H3. The number of rotatable bonds is 1. The first-order valence-electron chi connectivity index (χ1n) is 3.97. The van der Waals surface area contributed by atoms with Crippen LogP contribution in [-0.2, 0) is 0 Å². The lowest BCUT2D eigenvalue weighted by molar-refractivity contribution is 0.108. The van der Waals surface area contributed by atoms with Crippen molar-refractivity contribution >= 4 is 39.4 Å². The van der Waals surface area contributed by atoms with Gasteiger partial charge in [0.2, 0.25) is 0 Å². The second-order valence-corrected chi connectivity index (χ2v) is 3.78. The topological polar surface area (TPSA) is 30.2 Å². The van der Waals surface area contributed by atoms with Crippen LogP contribution in [0.4, 0.5) is 0 Å². The molecule has 0 amide bonds. The number of halogens is 2. The van der Waals surface area contributed by atoms with Crippen LogP contribution < -0.4 is 0 Å². The predicted octanol–water partition coefficient (Wildman–Crippen LogP) is 3.77. The molecule has 0 radical (unpaired) electrons. The first-order chi connectivity index (χ1) is 6.58. The maximum absolute atomic E-state index is 11.1. The Bertz CT molecular complexity index is 514. The van der Waals surface area contributed by atoms with Gasteiger partial charge >= 0.3 is 0 Å². The normalized spacial score (nSPS) is 10.8. The highest BCUT2D eigenvalue weighted by Crippen LogP contribution is 2.27. The van der Waals surface area contributed by atoms with Crippen LogP contribution in [0.2, 0.25) is 5.02 Å². The Kier molecular flexibility index (Phi) is 2.25. The van der Waals surface area contributed by atoms with Crippen LogP contribution in [0.5, 0.6) is 0 Å². The molecule has 72 valence electrons. The van der Waals surface area contributed by atoms with E-state index >= 15 is 0 Å². The Morgan fingerprint density at radius 2 is 2.07 bits per heavy atom. The molecule has 0 saturated heterocycles. The summed E-state index contributed by atoms with van der Waals surface area (Å²) in [4.78, 5) is 11.1. The van der Waals surface area contributed by atoms with Crippen LogP contribution in [0.15, 0.2) is 22.6 Å². The van der Waals surface area contributed by atoms with E-state index in [9.17, 15) is 4.79 Å². The molecule has 0 fully saturated rings. The fraction of sp³-hybridized carbons (Fsp3) is 0.100. The predicted molar refractivity (Wildman–Crippen MR) is 56.1 cm³/mol. The monoisotopic (exact) mass is 228 g/mol. The molecule has 0 atom stereocenters. The quantitative estimate of drug-likeness (QED) is 0.696. The van der Waals surface area contributed by atoms with Gasteiger partial charge in [-0.1, -0.05) is 11.6 Å². The molecule has 14 heavy (non-hydrogen) atoms. The first kappa shape index (κ1) is 9.56. The minimum absolute atomic E-state index is 0.308. The number of fused-ring (bicyclic) bond motifs is 1. The molecule has 0 aliphatic heterocycles. The second kappa shape index (κ2) is 3.30. The van der Waals surface area contributed by atoms with Crippen molar-refractivity contribution < 1.29 is 9.21 Å². The van der Waals surface area contributed by atoms with E-state index in [1.807, 2.05) is 6.07 Å². The van der Waals surface area contributed by atoms with Gasteiger partial charge in [0.1, 0.15) is 11.3 Å². The van der Waals surface area contributed by atoms with Crippen molar-refractivity contribution in [3.8, 4) is 0 Å². The summed E-state index contributed by atoms with van der Waals surface area (Å²) in [6.07, 6.45) is 0. The van der Waals surface area contributed by atoms with E-state index in [-0.39, 0.29) is 0 Å². The molecular weight excluding hydrogens is 223 g/mol. The smallest absolute Gasteiger partial charge is 0.256 e. The Balaban J connectivity index is 2.85. The zero-order chi connectivity index (χ0) is 10.3. The molecule has 1 aromatic carbocycles. The maximum atomic E-state index is 11.1. The number of benzene rings is 1. The van der Waals surface area contributed by atoms with Gasteiger partial charge in [0.25, 0.3) is 5.24 Å². The summed E-state index contributed by atoms with van der Waals surface area (Å²) in [6.45, 7) is 1.80. The third-order valence-corrected chi connectivity index (χ3v) is 2.34. The Morgan fingerprint density at radius 1 is 1.36 bits per heavy atom. The second-order valence-electron chi connectivity index (χ2n) is 3.00. The molecule has 0 unspecified atom stereocenters. The van der Waals surface area contributed by atoms with Gasteiger partial charge in [-0.25, -0.2) is 0 Å². The third-order valence-electron chi connectivity index (χ3n) is 1.92. The number of furan rings is 1. The highest BCUT2D eigenvalue weighted by Gasteiger charge is 2.12. The molecule has 2 aromatic rings. The SMILES string of the molecule is Cc1cc2cc(Cl)cc(C(=O)Cl)c2o1. The first-order valence-corrected chi connectivity index (χ1v) is 4.73. The maximum Gasteiger partial charge on any atom is 0.256 e. The van der Waals surface area contributed by atoms with Crippen LogP contribution in [-0.4, -0.2) is 5.24 Å². The summed E-state index contributed by atoms with van der Waals surface area (Å²) < 4.78 is 5.35. The van der Waals surface area contributed by atoms with Crippen molar-refractivity contribution in [3.63, 3.8) is 0 Å². The number of carbonyl (C=O) groups excluding carboxylic acids is 1. The number of hydrogen-bond donors (Lipinski definition) is 0. The zero-order valence-corrected chi connectivity index (χ0v) is 8.82. The minimum Gasteiger partial charge on any atom is -0.461 e. The van der Waals surface area contributed by atoms with Gasteiger partial charge in [0.05, 0.1) is 5.56 Å². The van der Waals surface area contributed by atoms with E-state index in [0.29, 0.717) is 16.2 Å². The molecule has 4 heteroatoms. The van der Waals surface area contributed by atoms with Gasteiger partial charge in [-0.3, -0.25) is 4.79 Å². The fourth-order valence-electron chi connectivity index (χ4n) is 1.39. The number of hydrogen-bond acceptors (Lipinski definition) is 2. The highest BCUT2D eigenvalue weighted by molar-refractivity contribution is 6.68. The summed E-state index contributed by atoms with van der Waals surface area (Å²) in [6, 6.07) is 5.05. The van der Waals surface area contributed by atoms with Crippen molar-refractivity contribution in [1.29, 1.82) is 0 Å². The van der Waals surface area contributed by atoms with E-state index in [0.717, 1.165) is 11.1 Å². The number of carbonyl (C=O) groups is 1. The van der Waals surface area contributed by atoms with E-state index in [2.05, 4.69) is 0 Å². The van der Waals surface area contributed by atoms with Crippen LogP contribution in [0.25, 0.3) is 11.0 Å². The largest absolute Gasteiger partial charge is 0.461 e. The van der Waals surface area contributed by atoms with Crippen molar-refractivity contribution in [3.05, 3.63) is 34.5 Å². The van der Waals surface area contributed by atoms with E-state index in [1.54, 1.807) is 13.0 Å². The van der Waals surface area contributed by atoms with Crippen molar-refractivity contribution in [2.24, 2.45) is 0 Å². The van der Waals surface area contributed by atoms with Gasteiger partial charge < -0.3 is 4.42 Å². The van der Waals surface area contributed by atoms with Gasteiger partial charge in [0, 0.05) is 10.4 Å². The molecule has 0 saturated carbocycles. The fourth-order valence-corrected chi connectivity index (χ4v) is 1.76. The van der Waals surface area contributed by atoms with Crippen LogP contribution >= 0.6 is 23.2 Å². The third kappa shape index (κ3) is 1.51. The number of aryl methyl sites for hydroxylation is 1. The Labute approximate surface area is 90.4 Å². The van der Waals surface area contributed by atoms with Crippen LogP contribution in [0.3, 0.4) is 0 Å². The average molecular weight is 229 g/mol. The lowest BCUT2D eigenvalue weighted by Crippen LogP contribution is -1.88. The van der Waals surface area contributed by atoms with E-state index in [1.165, 1.54) is 6.07 Å². The van der Waals surface area contributed by atoms with Crippen molar-refractivity contribution in [1.82, 2.24) is 0 Å². The molecule has 0 bridgehead atoms. The molecule has 0 N–H and O–H groups in total. The summed E-state index contributed by atoms with van der Waals surface area (Å²) in [5.74, 6) is 0.724. The summed E-state index contributed by atoms with van der Waals surface area (Å²) in [5, 5.41) is 0.702. The van der Waals surface area contributed by atoms with E-state index < -0.39 is 5.24 Å². The molecule has 0 aliphatic rings. The molecule has 1 aromatic heterocycles. The van der Waals surface area contributed by atoms with Gasteiger partial charge in [-0.05, 0) is 36.7 Å². The van der Waals surface area contributed by atoms with E-state index in [4.69, 9.17) is 27.6 Å². The van der Waals surface area contributed by atoms with Gasteiger partial charge in [-0.2, -0.15) is 0 Å². The van der Waals surface area contributed by atoms with Gasteiger partial charge in [0.15, 0.2) is 0 Å². The van der Waals surface area contributed by atoms with Crippen molar-refractivity contribution in [2.75, 3.05) is 0 Å². The Hall–Kier alpha value is -0.990. The summed E-state index contributed by atoms with van der Waals surface area (Å²) >= 11 is 11.2. The minimum atomic E-state index is -0.563. The summed E-state index contributed by atoms with van der Waals surface area (Å²) in [5.41, 5.74) is 0.800. The molecule has 0 spiro atoms. The lowest BCUT2D eigenvalue weighted by atomic mass is 10.2. The lowest BCUT2D eigenvalue weighted by Gasteiger charge is -1.96. The van der Waals surface area contributed by atoms with Gasteiger partial charge in [-0.15, -0.1) is 0 Å². The summed E-state index contributed by atoms with van der Waals surface area (Å²) in [7, 11) is 0. The molecule has 1 heterocycles. The molecule has 2 rings (SSSR count). The zero-order valence-electron chi connectivity index (χ0n) is 7.30. The van der Waals surface area contributed by atoms with Crippen molar-refractivity contribution in [2.45, 2.75) is 6.92 Å². The highest BCUT2D eigenvalue weighted by atomic mass is 35.5. The average Bonchev–Trinajstić information content (AvgIpc) is 2.42. The Morgan fingerprint density at radius 3 is 2.71 bits per heavy atom. The molecule has 0 aliphatic carbocycles. The van der Waals surface area contributed by atoms with Crippen LogP contribution in [0, 0.1) is 6.92 Å². The molecular formula is C10H6Cl2O2. The van der Waals surface area contributed by atoms with Crippen LogP contribution in [0.1, 0.15) is 16.1 Å². The molecule has 2 nitrogen and oxygen atoms in total.